The topological polar surface area (TPSA) is 48.9 Å². The van der Waals surface area contributed by atoms with E-state index in [0.29, 0.717) is 18.0 Å². The molecule has 0 atom stereocenters. The molecule has 0 radical (unpaired) electrons. The third-order valence-corrected chi connectivity index (χ3v) is 3.95. The molecule has 136 valence electrons. The van der Waals surface area contributed by atoms with Gasteiger partial charge in [-0.25, -0.2) is 4.39 Å². The van der Waals surface area contributed by atoms with Gasteiger partial charge in [-0.05, 0) is 37.6 Å². The molecule has 24 heavy (non-hydrogen) atoms. The molecule has 5 nitrogen and oxygen atoms in total. The van der Waals surface area contributed by atoms with E-state index >= 15 is 0 Å². The van der Waals surface area contributed by atoms with Crippen molar-refractivity contribution in [3.8, 4) is 0 Å². The summed E-state index contributed by atoms with van der Waals surface area (Å²) in [5, 5.41) is 6.96. The van der Waals surface area contributed by atoms with Gasteiger partial charge in [0.25, 0.3) is 0 Å². The van der Waals surface area contributed by atoms with Crippen molar-refractivity contribution < 1.29 is 9.13 Å². The molecule has 0 unspecified atom stereocenters. The van der Waals surface area contributed by atoms with Crippen LogP contribution in [0.25, 0.3) is 0 Å². The highest BCUT2D eigenvalue weighted by Gasteiger charge is 2.03. The maximum Gasteiger partial charge on any atom is 0.191 e. The summed E-state index contributed by atoms with van der Waals surface area (Å²) in [6.07, 6.45) is 1.73. The standard InChI is InChI=1S/C17H28ClFN4O/c1-20-17(22-9-11-23(2)10-4-12-24-3)21-8-7-14-5-6-15(19)13-16(14)18/h5-6,13H,4,7-12H2,1-3H3,(H2,20,21,22). The predicted molar refractivity (Wildman–Crippen MR) is 98.5 cm³/mol. The van der Waals surface area contributed by atoms with E-state index in [9.17, 15) is 4.39 Å². The molecule has 0 aliphatic heterocycles. The van der Waals surface area contributed by atoms with Crippen molar-refractivity contribution >= 4 is 17.6 Å². The Morgan fingerprint density at radius 1 is 1.29 bits per heavy atom. The number of nitrogens with zero attached hydrogens (tertiary/aromatic N) is 2. The van der Waals surface area contributed by atoms with Crippen LogP contribution in [0.15, 0.2) is 23.2 Å². The minimum absolute atomic E-state index is 0.316. The molecule has 0 bridgehead atoms. The van der Waals surface area contributed by atoms with Gasteiger partial charge in [-0.3, -0.25) is 4.99 Å². The molecule has 7 heteroatoms. The van der Waals surface area contributed by atoms with E-state index in [1.54, 1.807) is 20.2 Å². The summed E-state index contributed by atoms with van der Waals surface area (Å²) in [7, 11) is 5.54. The molecule has 0 aliphatic carbocycles. The highest BCUT2D eigenvalue weighted by atomic mass is 35.5. The van der Waals surface area contributed by atoms with E-state index in [-0.39, 0.29) is 5.82 Å². The van der Waals surface area contributed by atoms with Crippen molar-refractivity contribution in [1.29, 1.82) is 0 Å². The van der Waals surface area contributed by atoms with Crippen molar-refractivity contribution in [3.05, 3.63) is 34.6 Å². The number of halogens is 2. The second kappa shape index (κ2) is 12.1. The number of hydrogen-bond donors (Lipinski definition) is 2. The summed E-state index contributed by atoms with van der Waals surface area (Å²) in [5.74, 6) is 0.433. The zero-order valence-electron chi connectivity index (χ0n) is 14.7. The monoisotopic (exact) mass is 358 g/mol. The fourth-order valence-electron chi connectivity index (χ4n) is 2.22. The second-order valence-electron chi connectivity index (χ2n) is 5.56. The van der Waals surface area contributed by atoms with Gasteiger partial charge in [0.15, 0.2) is 5.96 Å². The van der Waals surface area contributed by atoms with E-state index in [4.69, 9.17) is 16.3 Å². The second-order valence-corrected chi connectivity index (χ2v) is 5.97. The van der Waals surface area contributed by atoms with Crippen molar-refractivity contribution in [3.63, 3.8) is 0 Å². The van der Waals surface area contributed by atoms with Crippen LogP contribution in [0.1, 0.15) is 12.0 Å². The number of likely N-dealkylation sites (N-methyl/N-ethyl adjacent to an activating group) is 1. The van der Waals surface area contributed by atoms with Crippen LogP contribution >= 0.6 is 11.6 Å². The van der Waals surface area contributed by atoms with Crippen LogP contribution < -0.4 is 10.6 Å². The SMILES string of the molecule is CN=C(NCCc1ccc(F)cc1Cl)NCCN(C)CCCOC. The number of ether oxygens (including phenoxy) is 1. The van der Waals surface area contributed by atoms with E-state index < -0.39 is 0 Å². The zero-order chi connectivity index (χ0) is 17.8. The molecule has 2 N–H and O–H groups in total. The van der Waals surface area contributed by atoms with Gasteiger partial charge in [-0.15, -0.1) is 0 Å². The van der Waals surface area contributed by atoms with Crippen LogP contribution in [0.3, 0.4) is 0 Å². The first-order chi connectivity index (χ1) is 11.6. The van der Waals surface area contributed by atoms with Gasteiger partial charge >= 0.3 is 0 Å². The number of nitrogens with one attached hydrogen (secondary N) is 2. The van der Waals surface area contributed by atoms with Crippen molar-refractivity contribution in [1.82, 2.24) is 15.5 Å². The highest BCUT2D eigenvalue weighted by Crippen LogP contribution is 2.17. The van der Waals surface area contributed by atoms with Gasteiger partial charge in [0, 0.05) is 52.0 Å². The first kappa shape index (κ1) is 20.7. The minimum atomic E-state index is -0.316. The number of benzene rings is 1. The molecular formula is C17H28ClFN4O. The minimum Gasteiger partial charge on any atom is -0.385 e. The molecule has 0 aliphatic rings. The van der Waals surface area contributed by atoms with Crippen LogP contribution in [0.5, 0.6) is 0 Å². The van der Waals surface area contributed by atoms with E-state index in [1.165, 1.54) is 12.1 Å². The molecule has 0 amide bonds. The molecule has 1 rings (SSSR count). The van der Waals surface area contributed by atoms with Crippen LogP contribution in [0.2, 0.25) is 5.02 Å². The first-order valence-electron chi connectivity index (χ1n) is 8.12. The Labute approximate surface area is 149 Å². The Balaban J connectivity index is 2.23. The lowest BCUT2D eigenvalue weighted by Gasteiger charge is -2.18. The van der Waals surface area contributed by atoms with Gasteiger partial charge in [-0.2, -0.15) is 0 Å². The quantitative estimate of drug-likeness (QED) is 0.382. The Morgan fingerprint density at radius 2 is 2.04 bits per heavy atom. The molecule has 0 spiro atoms. The van der Waals surface area contributed by atoms with Gasteiger partial charge in [-0.1, -0.05) is 17.7 Å². The molecular weight excluding hydrogens is 331 g/mol. The van der Waals surface area contributed by atoms with Crippen LogP contribution in [0, 0.1) is 5.82 Å². The number of guanidine groups is 1. The lowest BCUT2D eigenvalue weighted by molar-refractivity contribution is 0.180. The molecule has 1 aromatic rings. The summed E-state index contributed by atoms with van der Waals surface area (Å²) in [6, 6.07) is 4.47. The summed E-state index contributed by atoms with van der Waals surface area (Å²) in [5.41, 5.74) is 0.916. The average molecular weight is 359 g/mol. The van der Waals surface area contributed by atoms with Crippen molar-refractivity contribution in [2.24, 2.45) is 4.99 Å². The average Bonchev–Trinajstić information content (AvgIpc) is 2.55. The van der Waals surface area contributed by atoms with E-state index in [0.717, 1.165) is 44.2 Å². The molecule has 0 saturated heterocycles. The van der Waals surface area contributed by atoms with Gasteiger partial charge < -0.3 is 20.3 Å². The largest absolute Gasteiger partial charge is 0.385 e. The zero-order valence-corrected chi connectivity index (χ0v) is 15.5. The van der Waals surface area contributed by atoms with Crippen LogP contribution in [-0.4, -0.2) is 64.9 Å². The van der Waals surface area contributed by atoms with E-state index in [2.05, 4.69) is 27.6 Å². The van der Waals surface area contributed by atoms with Crippen molar-refractivity contribution in [2.75, 3.05) is 54.0 Å². The molecule has 0 fully saturated rings. The maximum atomic E-state index is 13.0. The fourth-order valence-corrected chi connectivity index (χ4v) is 2.48. The van der Waals surface area contributed by atoms with Crippen LogP contribution in [0.4, 0.5) is 4.39 Å². The Morgan fingerprint density at radius 3 is 2.71 bits per heavy atom. The van der Waals surface area contributed by atoms with Gasteiger partial charge in [0.1, 0.15) is 5.82 Å². The lowest BCUT2D eigenvalue weighted by atomic mass is 10.1. The number of rotatable bonds is 10. The summed E-state index contributed by atoms with van der Waals surface area (Å²) >= 11 is 6.02. The molecule has 1 aromatic carbocycles. The van der Waals surface area contributed by atoms with Crippen molar-refractivity contribution in [2.45, 2.75) is 12.8 Å². The summed E-state index contributed by atoms with van der Waals surface area (Å²) in [4.78, 5) is 6.44. The maximum absolute atomic E-state index is 13.0. The Kier molecular flexibility index (Phi) is 10.4. The van der Waals surface area contributed by atoms with E-state index in [1.807, 2.05) is 0 Å². The summed E-state index contributed by atoms with van der Waals surface area (Å²) < 4.78 is 18.1. The first-order valence-corrected chi connectivity index (χ1v) is 8.50. The lowest BCUT2D eigenvalue weighted by Crippen LogP contribution is -2.41. The Bertz CT molecular complexity index is 513. The third-order valence-electron chi connectivity index (χ3n) is 3.60. The molecule has 0 saturated carbocycles. The summed E-state index contributed by atoms with van der Waals surface area (Å²) in [6.45, 7) is 4.20. The smallest absolute Gasteiger partial charge is 0.191 e. The third kappa shape index (κ3) is 8.47. The fraction of sp³-hybridized carbons (Fsp3) is 0.588. The normalized spacial score (nSPS) is 11.8. The molecule has 0 heterocycles. The predicted octanol–water partition coefficient (Wildman–Crippen LogP) is 2.15. The number of hydrogen-bond acceptors (Lipinski definition) is 3. The van der Waals surface area contributed by atoms with Gasteiger partial charge in [0.05, 0.1) is 0 Å². The highest BCUT2D eigenvalue weighted by molar-refractivity contribution is 6.31. The number of methoxy groups -OCH3 is 1. The number of aliphatic imine (C=N–C) groups is 1. The Hall–Kier alpha value is -1.37. The van der Waals surface area contributed by atoms with Gasteiger partial charge in [0.2, 0.25) is 0 Å². The molecule has 0 aromatic heterocycles. The van der Waals surface area contributed by atoms with Crippen LogP contribution in [-0.2, 0) is 11.2 Å².